The minimum absolute atomic E-state index is 0.0568. The average Bonchev–Trinajstić information content (AvgIpc) is 3.23. The minimum Gasteiger partial charge on any atom is -0.389 e. The molecule has 3 aromatic rings. The summed E-state index contributed by atoms with van der Waals surface area (Å²) < 4.78 is 43.2. The molecule has 2 aromatic heterocycles. The molecule has 13 heteroatoms. The number of aliphatic hydroxyl groups is 2. The van der Waals surface area contributed by atoms with Crippen LogP contribution in [0.15, 0.2) is 39.7 Å². The Bertz CT molecular complexity index is 1370. The summed E-state index contributed by atoms with van der Waals surface area (Å²) in [5.41, 5.74) is 1.82. The highest BCUT2D eigenvalue weighted by molar-refractivity contribution is 7.92. The van der Waals surface area contributed by atoms with E-state index in [0.717, 1.165) is 10.6 Å². The maximum absolute atomic E-state index is 13.6. The summed E-state index contributed by atoms with van der Waals surface area (Å²) in [7, 11) is -2.33. The van der Waals surface area contributed by atoms with Gasteiger partial charge >= 0.3 is 5.76 Å². The summed E-state index contributed by atoms with van der Waals surface area (Å²) in [6.45, 7) is 3.72. The largest absolute Gasteiger partial charge is 0.459 e. The molecule has 188 valence electrons. The van der Waals surface area contributed by atoms with Gasteiger partial charge in [-0.15, -0.1) is 0 Å². The number of nitrogens with zero attached hydrogens (tertiary/aromatic N) is 4. The van der Waals surface area contributed by atoms with Gasteiger partial charge in [-0.2, -0.15) is 10.1 Å². The highest BCUT2D eigenvalue weighted by Crippen LogP contribution is 2.32. The number of aliphatic hydroxyl groups excluding tert-OH is 2. The first-order valence-corrected chi connectivity index (χ1v) is 12.4. The van der Waals surface area contributed by atoms with Gasteiger partial charge in [0.1, 0.15) is 11.9 Å². The van der Waals surface area contributed by atoms with Crippen molar-refractivity contribution in [1.29, 1.82) is 0 Å². The third-order valence-corrected chi connectivity index (χ3v) is 6.29. The van der Waals surface area contributed by atoms with Crippen LogP contribution in [0.1, 0.15) is 49.4 Å². The van der Waals surface area contributed by atoms with Gasteiger partial charge in [-0.25, -0.2) is 31.9 Å². The van der Waals surface area contributed by atoms with Gasteiger partial charge in [-0.05, 0) is 30.2 Å². The van der Waals surface area contributed by atoms with Crippen molar-refractivity contribution < 1.29 is 27.5 Å². The molecule has 3 rings (SSSR count). The molecule has 3 N–H and O–H groups in total. The van der Waals surface area contributed by atoms with E-state index >= 15 is 0 Å². The fourth-order valence-electron chi connectivity index (χ4n) is 3.20. The monoisotopic (exact) mass is 507 g/mol. The molecule has 0 amide bonds. The van der Waals surface area contributed by atoms with Crippen molar-refractivity contribution in [3.63, 3.8) is 0 Å². The second-order valence-corrected chi connectivity index (χ2v) is 10.2. The van der Waals surface area contributed by atoms with Crippen LogP contribution in [0.25, 0.3) is 17.3 Å². The lowest BCUT2D eigenvalue weighted by Crippen LogP contribution is -2.27. The summed E-state index contributed by atoms with van der Waals surface area (Å²) in [6.07, 6.45) is 1.34. The lowest BCUT2D eigenvalue weighted by Gasteiger charge is -2.20. The van der Waals surface area contributed by atoms with Crippen molar-refractivity contribution in [1.82, 2.24) is 20.1 Å². The zero-order valence-corrected chi connectivity index (χ0v) is 20.3. The molecule has 2 heterocycles. The Hall–Kier alpha value is -3.42. The lowest BCUT2D eigenvalue weighted by atomic mass is 9.97. The SMILES string of the molecule is CC(C)c1nc(N(C)S(C)(=O)=O)nc(-c2ccc(F)cc2)c1/C=C/C(O)CC(O)c1nc(=O)o[nH]1. The molecule has 0 aliphatic heterocycles. The van der Waals surface area contributed by atoms with Gasteiger partial charge in [-0.1, -0.05) is 26.0 Å². The van der Waals surface area contributed by atoms with Crippen LogP contribution in [0.4, 0.5) is 10.3 Å². The van der Waals surface area contributed by atoms with Crippen molar-refractivity contribution in [2.75, 3.05) is 17.6 Å². The zero-order valence-electron chi connectivity index (χ0n) is 19.5. The molecular formula is C22H26FN5O6S. The summed E-state index contributed by atoms with van der Waals surface area (Å²) in [5, 5.41) is 22.8. The summed E-state index contributed by atoms with van der Waals surface area (Å²) >= 11 is 0. The van der Waals surface area contributed by atoms with E-state index in [2.05, 4.69) is 24.6 Å². The normalized spacial score (nSPS) is 13.9. The molecule has 2 atom stereocenters. The Morgan fingerprint density at radius 1 is 1.17 bits per heavy atom. The molecule has 0 spiro atoms. The van der Waals surface area contributed by atoms with Crippen molar-refractivity contribution in [3.05, 3.63) is 63.8 Å². The van der Waals surface area contributed by atoms with Gasteiger partial charge in [0.05, 0.1) is 23.7 Å². The molecule has 0 saturated heterocycles. The predicted octanol–water partition coefficient (Wildman–Crippen LogP) is 1.98. The third-order valence-electron chi connectivity index (χ3n) is 5.13. The number of hydrogen-bond acceptors (Lipinski definition) is 9. The van der Waals surface area contributed by atoms with Crippen molar-refractivity contribution in [3.8, 4) is 11.3 Å². The fourth-order valence-corrected chi connectivity index (χ4v) is 3.58. The number of benzene rings is 1. The second kappa shape index (κ2) is 10.5. The molecule has 2 unspecified atom stereocenters. The molecular weight excluding hydrogens is 481 g/mol. The van der Waals surface area contributed by atoms with Gasteiger partial charge in [-0.3, -0.25) is 0 Å². The number of sulfonamides is 1. The van der Waals surface area contributed by atoms with E-state index in [1.54, 1.807) is 6.08 Å². The molecule has 0 fully saturated rings. The van der Waals surface area contributed by atoms with Crippen LogP contribution in [0, 0.1) is 5.82 Å². The molecule has 0 aliphatic carbocycles. The van der Waals surface area contributed by atoms with Crippen LogP contribution in [0.5, 0.6) is 0 Å². The number of rotatable bonds is 9. The van der Waals surface area contributed by atoms with Crippen LogP contribution in [0.2, 0.25) is 0 Å². The van der Waals surface area contributed by atoms with Crippen LogP contribution in [0.3, 0.4) is 0 Å². The number of nitrogens with one attached hydrogen (secondary N) is 1. The quantitative estimate of drug-likeness (QED) is 0.393. The maximum atomic E-state index is 13.6. The Morgan fingerprint density at radius 3 is 2.37 bits per heavy atom. The van der Waals surface area contributed by atoms with Gasteiger partial charge in [0, 0.05) is 24.6 Å². The smallest absolute Gasteiger partial charge is 0.389 e. The van der Waals surface area contributed by atoms with Gasteiger partial charge in [0.2, 0.25) is 16.0 Å². The molecule has 0 saturated carbocycles. The molecule has 0 aliphatic rings. The van der Waals surface area contributed by atoms with Crippen LogP contribution < -0.4 is 10.1 Å². The highest BCUT2D eigenvalue weighted by Gasteiger charge is 2.23. The number of anilines is 1. The summed E-state index contributed by atoms with van der Waals surface area (Å²) in [4.78, 5) is 23.4. The number of aromatic amines is 1. The van der Waals surface area contributed by atoms with Crippen molar-refractivity contribution in [2.45, 2.75) is 38.4 Å². The van der Waals surface area contributed by atoms with E-state index < -0.39 is 33.8 Å². The third kappa shape index (κ3) is 6.38. The van der Waals surface area contributed by atoms with Crippen LogP contribution >= 0.6 is 0 Å². The van der Waals surface area contributed by atoms with E-state index in [1.807, 2.05) is 13.8 Å². The van der Waals surface area contributed by atoms with Crippen LogP contribution in [-0.4, -0.2) is 58.1 Å². The Kier molecular flexibility index (Phi) is 7.83. The number of aromatic nitrogens is 4. The van der Waals surface area contributed by atoms with E-state index in [9.17, 15) is 27.8 Å². The first kappa shape index (κ1) is 26.2. The van der Waals surface area contributed by atoms with Crippen molar-refractivity contribution in [2.24, 2.45) is 0 Å². The fraction of sp³-hybridized carbons (Fsp3) is 0.364. The van der Waals surface area contributed by atoms with Crippen LogP contribution in [-0.2, 0) is 10.0 Å². The van der Waals surface area contributed by atoms with E-state index in [4.69, 9.17) is 0 Å². The first-order chi connectivity index (χ1) is 16.4. The van der Waals surface area contributed by atoms with E-state index in [0.29, 0.717) is 22.5 Å². The molecule has 0 bridgehead atoms. The number of halogens is 1. The molecule has 1 aromatic carbocycles. The number of H-pyrrole nitrogens is 1. The molecule has 35 heavy (non-hydrogen) atoms. The van der Waals surface area contributed by atoms with E-state index in [1.165, 1.54) is 37.4 Å². The van der Waals surface area contributed by atoms with Gasteiger partial charge < -0.3 is 14.7 Å². The van der Waals surface area contributed by atoms with E-state index in [-0.39, 0.29) is 24.1 Å². The van der Waals surface area contributed by atoms with Crippen molar-refractivity contribution >= 4 is 22.0 Å². The lowest BCUT2D eigenvalue weighted by molar-refractivity contribution is 0.0966. The molecule has 0 radical (unpaired) electrons. The summed E-state index contributed by atoms with van der Waals surface area (Å²) in [6, 6.07) is 5.52. The second-order valence-electron chi connectivity index (χ2n) is 8.21. The number of hydrogen-bond donors (Lipinski definition) is 3. The average molecular weight is 508 g/mol. The summed E-state index contributed by atoms with van der Waals surface area (Å²) in [5.74, 6) is -1.70. The Morgan fingerprint density at radius 2 is 1.83 bits per heavy atom. The topological polar surface area (TPSA) is 163 Å². The Balaban J connectivity index is 2.07. The zero-order chi connectivity index (χ0) is 25.9. The molecule has 11 nitrogen and oxygen atoms in total. The standard InChI is InChI=1S/C22H26FN5O6S/c1-12(2)18-16(10-9-15(29)11-17(30)20-26-22(31)34-27-20)19(13-5-7-14(23)8-6-13)25-21(24-18)28(3)35(4,32)33/h5-10,12,15,17,29-30H,11H2,1-4H3,(H,26,27,31)/b10-9+. The van der Waals surface area contributed by atoms with Gasteiger partial charge in [0.15, 0.2) is 5.82 Å². The maximum Gasteiger partial charge on any atom is 0.459 e. The van der Waals surface area contributed by atoms with Gasteiger partial charge in [0.25, 0.3) is 0 Å². The first-order valence-electron chi connectivity index (χ1n) is 10.6. The highest BCUT2D eigenvalue weighted by atomic mass is 32.2. The Labute approximate surface area is 201 Å². The minimum atomic E-state index is -3.66. The predicted molar refractivity (Wildman–Crippen MR) is 127 cm³/mol.